The Kier molecular flexibility index (Phi) is 5.43. The maximum Gasteiger partial charge on any atom is 0.262 e. The molecule has 2 heterocycles. The normalized spacial score (nSPS) is 14.1. The van der Waals surface area contributed by atoms with Crippen molar-refractivity contribution in [2.24, 2.45) is 0 Å². The van der Waals surface area contributed by atoms with Crippen LogP contribution < -0.4 is 15.0 Å². The first-order valence-corrected chi connectivity index (χ1v) is 9.13. The minimum absolute atomic E-state index is 0.293. The van der Waals surface area contributed by atoms with Crippen LogP contribution in [-0.2, 0) is 4.79 Å². The Balaban J connectivity index is 2.02. The van der Waals surface area contributed by atoms with Crippen LogP contribution in [0.4, 0.5) is 0 Å². The van der Waals surface area contributed by atoms with Gasteiger partial charge < -0.3 is 9.47 Å². The van der Waals surface area contributed by atoms with E-state index in [0.29, 0.717) is 34.8 Å². The van der Waals surface area contributed by atoms with Crippen LogP contribution in [0.1, 0.15) is 45.7 Å². The summed E-state index contributed by atoms with van der Waals surface area (Å²) in [6.45, 7) is 2.27. The molecular formula is C18H18N2O6S. The lowest BCUT2D eigenvalue weighted by Crippen LogP contribution is -2.37. The van der Waals surface area contributed by atoms with Crippen LogP contribution in [0.15, 0.2) is 29.0 Å². The first-order valence-electron chi connectivity index (χ1n) is 8.19. The Labute approximate surface area is 159 Å². The number of amides is 3. The number of benzene rings is 1. The molecule has 1 aromatic heterocycles. The number of fused-ring (bicyclic) bond motifs is 1. The third-order valence-corrected chi connectivity index (χ3v) is 4.99. The van der Waals surface area contributed by atoms with Crippen molar-refractivity contribution >= 4 is 29.1 Å². The third kappa shape index (κ3) is 3.38. The third-order valence-electron chi connectivity index (χ3n) is 4.25. The molecule has 2 aromatic rings. The predicted molar refractivity (Wildman–Crippen MR) is 96.3 cm³/mol. The molecule has 1 atom stereocenters. The number of nitrogens with zero attached hydrogens (tertiary/aromatic N) is 1. The zero-order valence-electron chi connectivity index (χ0n) is 14.7. The topological polar surface area (TPSA) is 105 Å². The molecule has 0 aliphatic carbocycles. The number of ether oxygens (including phenoxy) is 2. The highest BCUT2D eigenvalue weighted by molar-refractivity contribution is 7.08. The summed E-state index contributed by atoms with van der Waals surface area (Å²) >= 11 is 1.27. The van der Waals surface area contributed by atoms with E-state index >= 15 is 0 Å². The maximum absolute atomic E-state index is 12.7. The zero-order chi connectivity index (χ0) is 19.6. The molecule has 0 spiro atoms. The van der Waals surface area contributed by atoms with E-state index < -0.39 is 23.8 Å². The second-order valence-electron chi connectivity index (χ2n) is 5.78. The van der Waals surface area contributed by atoms with Crippen molar-refractivity contribution in [1.29, 1.82) is 0 Å². The molecule has 3 amide bonds. The minimum Gasteiger partial charge on any atom is -0.493 e. The quantitative estimate of drug-likeness (QED) is 0.427. The summed E-state index contributed by atoms with van der Waals surface area (Å²) in [5.41, 5.74) is 2.69. The molecule has 2 N–H and O–H groups in total. The van der Waals surface area contributed by atoms with Crippen molar-refractivity contribution in [1.82, 2.24) is 10.4 Å². The Bertz CT molecular complexity index is 863. The highest BCUT2D eigenvalue weighted by Gasteiger charge is 2.42. The van der Waals surface area contributed by atoms with Gasteiger partial charge in [0.25, 0.3) is 11.8 Å². The van der Waals surface area contributed by atoms with Gasteiger partial charge in [-0.25, -0.2) is 5.48 Å². The van der Waals surface area contributed by atoms with Crippen LogP contribution in [0.3, 0.4) is 0 Å². The zero-order valence-corrected chi connectivity index (χ0v) is 15.5. The highest BCUT2D eigenvalue weighted by Crippen LogP contribution is 2.38. The summed E-state index contributed by atoms with van der Waals surface area (Å²) in [7, 11) is 1.47. The minimum atomic E-state index is -0.904. The van der Waals surface area contributed by atoms with Crippen molar-refractivity contribution in [2.45, 2.75) is 19.4 Å². The van der Waals surface area contributed by atoms with Crippen molar-refractivity contribution in [3.05, 3.63) is 45.6 Å². The summed E-state index contributed by atoms with van der Waals surface area (Å²) < 4.78 is 10.8. The summed E-state index contributed by atoms with van der Waals surface area (Å²) in [6, 6.07) is 4.03. The Morgan fingerprint density at radius 3 is 2.44 bits per heavy atom. The van der Waals surface area contributed by atoms with Gasteiger partial charge in [-0.05, 0) is 24.6 Å². The summed E-state index contributed by atoms with van der Waals surface area (Å²) in [6.07, 6.45) is -0.293. The predicted octanol–water partition coefficient (Wildman–Crippen LogP) is 2.39. The number of methoxy groups -OCH3 is 1. The standard InChI is InChI=1S/C18H18N2O6S/c1-3-26-14-5-4-10(6-15(14)25-2)13(7-16(21)19-24)20-17(22)11-8-27-9-12(11)18(20)23/h4-6,8-9,13,24H,3,7H2,1-2H3,(H,19,21). The fourth-order valence-electron chi connectivity index (χ4n) is 3.01. The molecule has 0 fully saturated rings. The number of hydrogen-bond acceptors (Lipinski definition) is 7. The molecule has 142 valence electrons. The largest absolute Gasteiger partial charge is 0.493 e. The Morgan fingerprint density at radius 1 is 1.22 bits per heavy atom. The Morgan fingerprint density at radius 2 is 1.89 bits per heavy atom. The summed E-state index contributed by atoms with van der Waals surface area (Å²) in [5, 5.41) is 12.1. The molecule has 8 nitrogen and oxygen atoms in total. The van der Waals surface area contributed by atoms with Crippen molar-refractivity contribution in [2.75, 3.05) is 13.7 Å². The molecule has 3 rings (SSSR count). The van der Waals surface area contributed by atoms with Crippen LogP contribution in [-0.4, -0.2) is 41.5 Å². The molecule has 0 bridgehead atoms. The van der Waals surface area contributed by atoms with E-state index in [2.05, 4.69) is 0 Å². The van der Waals surface area contributed by atoms with Crippen molar-refractivity contribution in [3.63, 3.8) is 0 Å². The van der Waals surface area contributed by atoms with Gasteiger partial charge in [0.2, 0.25) is 5.91 Å². The number of thiophene rings is 1. The van der Waals surface area contributed by atoms with Gasteiger partial charge in [-0.3, -0.25) is 24.5 Å². The van der Waals surface area contributed by atoms with Crippen LogP contribution in [0.2, 0.25) is 0 Å². The molecule has 0 radical (unpaired) electrons. The second-order valence-corrected chi connectivity index (χ2v) is 6.52. The average molecular weight is 390 g/mol. The smallest absolute Gasteiger partial charge is 0.262 e. The van der Waals surface area contributed by atoms with E-state index in [1.807, 2.05) is 6.92 Å². The number of rotatable bonds is 7. The average Bonchev–Trinajstić information content (AvgIpc) is 3.24. The van der Waals surface area contributed by atoms with Crippen LogP contribution in [0.5, 0.6) is 11.5 Å². The van der Waals surface area contributed by atoms with Gasteiger partial charge in [0, 0.05) is 10.8 Å². The number of carbonyl (C=O) groups is 3. The monoisotopic (exact) mass is 390 g/mol. The highest BCUT2D eigenvalue weighted by atomic mass is 32.1. The summed E-state index contributed by atoms with van der Waals surface area (Å²) in [4.78, 5) is 38.4. The van der Waals surface area contributed by atoms with E-state index in [0.717, 1.165) is 4.90 Å². The molecule has 1 unspecified atom stereocenters. The fraction of sp³-hybridized carbons (Fsp3) is 0.278. The molecular weight excluding hydrogens is 372 g/mol. The van der Waals surface area contributed by atoms with Gasteiger partial charge in [0.1, 0.15) is 0 Å². The van der Waals surface area contributed by atoms with E-state index in [4.69, 9.17) is 14.7 Å². The number of hydrogen-bond donors (Lipinski definition) is 2. The number of hydroxylamine groups is 1. The molecule has 0 saturated carbocycles. The first-order chi connectivity index (χ1) is 13.0. The van der Waals surface area contributed by atoms with E-state index in [-0.39, 0.29) is 6.42 Å². The fourth-order valence-corrected chi connectivity index (χ4v) is 3.80. The second kappa shape index (κ2) is 7.77. The van der Waals surface area contributed by atoms with Crippen LogP contribution >= 0.6 is 11.3 Å². The van der Waals surface area contributed by atoms with Crippen molar-refractivity contribution < 1.29 is 29.1 Å². The molecule has 1 aromatic carbocycles. The van der Waals surface area contributed by atoms with Gasteiger partial charge in [-0.15, -0.1) is 0 Å². The van der Waals surface area contributed by atoms with Crippen molar-refractivity contribution in [3.8, 4) is 11.5 Å². The lowest BCUT2D eigenvalue weighted by atomic mass is 10.0. The van der Waals surface area contributed by atoms with E-state index in [1.165, 1.54) is 18.4 Å². The van der Waals surface area contributed by atoms with Gasteiger partial charge >= 0.3 is 0 Å². The van der Waals surface area contributed by atoms with Crippen LogP contribution in [0.25, 0.3) is 0 Å². The molecule has 9 heteroatoms. The van der Waals surface area contributed by atoms with Crippen LogP contribution in [0, 0.1) is 0 Å². The Hall–Kier alpha value is -2.91. The molecule has 1 aliphatic rings. The number of nitrogens with one attached hydrogen (secondary N) is 1. The lowest BCUT2D eigenvalue weighted by Gasteiger charge is -2.26. The summed E-state index contributed by atoms with van der Waals surface area (Å²) in [5.74, 6) is -0.744. The molecule has 1 aliphatic heterocycles. The van der Waals surface area contributed by atoms with E-state index in [1.54, 1.807) is 34.4 Å². The SMILES string of the molecule is CCOc1ccc(C(CC(=O)NO)N2C(=O)c3cscc3C2=O)cc1OC. The van der Waals surface area contributed by atoms with Gasteiger partial charge in [0.05, 0.1) is 37.3 Å². The number of carbonyl (C=O) groups excluding carboxylic acids is 3. The number of imide groups is 1. The van der Waals surface area contributed by atoms with Gasteiger partial charge in [-0.2, -0.15) is 11.3 Å². The van der Waals surface area contributed by atoms with E-state index in [9.17, 15) is 14.4 Å². The molecule has 27 heavy (non-hydrogen) atoms. The van der Waals surface area contributed by atoms with Gasteiger partial charge in [0.15, 0.2) is 11.5 Å². The first kappa shape index (κ1) is 18.9. The van der Waals surface area contributed by atoms with Gasteiger partial charge in [-0.1, -0.05) is 6.07 Å². The maximum atomic E-state index is 12.7. The molecule has 0 saturated heterocycles. The lowest BCUT2D eigenvalue weighted by molar-refractivity contribution is -0.130.